The molecule has 0 spiro atoms. The maximum atomic E-state index is 11.9. The minimum atomic E-state index is -0.348. The van der Waals surface area contributed by atoms with Crippen molar-refractivity contribution in [2.45, 2.75) is 13.0 Å². The molecule has 7 nitrogen and oxygen atoms in total. The number of rotatable bonds is 6. The first-order valence-corrected chi connectivity index (χ1v) is 7.51. The number of methoxy groups -OCH3 is 1. The van der Waals surface area contributed by atoms with Crippen molar-refractivity contribution >= 4 is 22.9 Å². The number of fused-ring (bicyclic) bond motifs is 1. The minimum absolute atomic E-state index is 0.0818. The van der Waals surface area contributed by atoms with E-state index in [1.165, 1.54) is 13.4 Å². The number of hydrogen-bond acceptors (Lipinski definition) is 5. The van der Waals surface area contributed by atoms with Gasteiger partial charge in [0.15, 0.2) is 5.76 Å². The van der Waals surface area contributed by atoms with E-state index in [-0.39, 0.29) is 24.2 Å². The molecule has 1 N–H and O–H groups in total. The summed E-state index contributed by atoms with van der Waals surface area (Å²) in [6.07, 6.45) is 1.93. The van der Waals surface area contributed by atoms with E-state index in [9.17, 15) is 9.59 Å². The first kappa shape index (κ1) is 15.8. The van der Waals surface area contributed by atoms with Crippen LogP contribution in [0.4, 0.5) is 0 Å². The topological polar surface area (TPSA) is 86.4 Å². The van der Waals surface area contributed by atoms with E-state index in [2.05, 4.69) is 10.3 Å². The quantitative estimate of drug-likeness (QED) is 0.697. The van der Waals surface area contributed by atoms with E-state index in [0.29, 0.717) is 18.8 Å². The summed E-state index contributed by atoms with van der Waals surface area (Å²) in [6, 6.07) is 10.8. The zero-order valence-electron chi connectivity index (χ0n) is 13.2. The molecule has 0 radical (unpaired) electrons. The van der Waals surface area contributed by atoms with Crippen LogP contribution in [0.1, 0.15) is 16.4 Å². The lowest BCUT2D eigenvalue weighted by atomic mass is 10.3. The van der Waals surface area contributed by atoms with Crippen LogP contribution in [0.15, 0.2) is 47.1 Å². The monoisotopic (exact) mass is 327 g/mol. The Balaban J connectivity index is 1.74. The Kier molecular flexibility index (Phi) is 4.60. The molecular formula is C17H17N3O4. The van der Waals surface area contributed by atoms with E-state index >= 15 is 0 Å². The number of furan rings is 1. The fraction of sp³-hybridized carbons (Fsp3) is 0.235. The van der Waals surface area contributed by atoms with Gasteiger partial charge in [-0.2, -0.15) is 0 Å². The summed E-state index contributed by atoms with van der Waals surface area (Å²) in [4.78, 5) is 28.1. The minimum Gasteiger partial charge on any atom is -0.468 e. The fourth-order valence-corrected chi connectivity index (χ4v) is 2.47. The highest BCUT2D eigenvalue weighted by Gasteiger charge is 2.14. The molecule has 3 aromatic rings. The summed E-state index contributed by atoms with van der Waals surface area (Å²) < 4.78 is 11.6. The van der Waals surface area contributed by atoms with Gasteiger partial charge in [0.2, 0.25) is 0 Å². The fourth-order valence-electron chi connectivity index (χ4n) is 2.47. The van der Waals surface area contributed by atoms with Crippen molar-refractivity contribution < 1.29 is 18.7 Å². The van der Waals surface area contributed by atoms with Gasteiger partial charge in [-0.3, -0.25) is 9.59 Å². The first-order chi connectivity index (χ1) is 11.7. The van der Waals surface area contributed by atoms with Crippen molar-refractivity contribution in [1.29, 1.82) is 0 Å². The molecule has 0 aliphatic carbocycles. The predicted octanol–water partition coefficient (Wildman–Crippen LogP) is 1.77. The van der Waals surface area contributed by atoms with Crippen molar-refractivity contribution in [2.24, 2.45) is 0 Å². The van der Waals surface area contributed by atoms with E-state index in [0.717, 1.165) is 11.0 Å². The smallest absolute Gasteiger partial charge is 0.325 e. The van der Waals surface area contributed by atoms with Gasteiger partial charge in [-0.15, -0.1) is 0 Å². The van der Waals surface area contributed by atoms with Crippen LogP contribution in [0, 0.1) is 0 Å². The Morgan fingerprint density at radius 2 is 2.08 bits per heavy atom. The van der Waals surface area contributed by atoms with Gasteiger partial charge in [-0.1, -0.05) is 12.1 Å². The SMILES string of the molecule is COC(=O)Cn1c(CCNC(=O)c2ccco2)nc2ccccc21. The van der Waals surface area contributed by atoms with E-state index in [1.54, 1.807) is 16.7 Å². The second kappa shape index (κ2) is 6.99. The highest BCUT2D eigenvalue weighted by Crippen LogP contribution is 2.16. The van der Waals surface area contributed by atoms with Crippen LogP contribution < -0.4 is 5.32 Å². The number of esters is 1. The van der Waals surface area contributed by atoms with E-state index in [1.807, 2.05) is 24.3 Å². The number of nitrogens with zero attached hydrogens (tertiary/aromatic N) is 2. The number of imidazole rings is 1. The van der Waals surface area contributed by atoms with Crippen molar-refractivity contribution in [3.05, 3.63) is 54.2 Å². The van der Waals surface area contributed by atoms with Gasteiger partial charge in [0.05, 0.1) is 24.4 Å². The van der Waals surface area contributed by atoms with Gasteiger partial charge < -0.3 is 19.0 Å². The third kappa shape index (κ3) is 3.29. The molecule has 0 bridgehead atoms. The summed E-state index contributed by atoms with van der Waals surface area (Å²) in [5.74, 6) is 0.342. The Labute approximate surface area is 138 Å². The van der Waals surface area contributed by atoms with Crippen LogP contribution in [0.25, 0.3) is 11.0 Å². The summed E-state index contributed by atoms with van der Waals surface area (Å²) >= 11 is 0. The molecule has 0 atom stereocenters. The number of aromatic nitrogens is 2. The molecule has 0 fully saturated rings. The molecule has 24 heavy (non-hydrogen) atoms. The van der Waals surface area contributed by atoms with Crippen LogP contribution in [0.5, 0.6) is 0 Å². The molecule has 0 aliphatic heterocycles. The maximum Gasteiger partial charge on any atom is 0.325 e. The second-order valence-corrected chi connectivity index (χ2v) is 5.16. The average molecular weight is 327 g/mol. The summed E-state index contributed by atoms with van der Waals surface area (Å²) in [7, 11) is 1.35. The first-order valence-electron chi connectivity index (χ1n) is 7.51. The lowest BCUT2D eigenvalue weighted by Gasteiger charge is -2.08. The molecule has 3 rings (SSSR count). The van der Waals surface area contributed by atoms with Crippen LogP contribution >= 0.6 is 0 Å². The largest absolute Gasteiger partial charge is 0.468 e. The number of hydrogen-bond donors (Lipinski definition) is 1. The van der Waals surface area contributed by atoms with E-state index < -0.39 is 0 Å². The third-order valence-corrected chi connectivity index (χ3v) is 3.63. The van der Waals surface area contributed by atoms with Gasteiger partial charge >= 0.3 is 5.97 Å². The molecule has 0 aliphatic rings. The maximum absolute atomic E-state index is 11.9. The second-order valence-electron chi connectivity index (χ2n) is 5.16. The van der Waals surface area contributed by atoms with Crippen molar-refractivity contribution in [2.75, 3.05) is 13.7 Å². The van der Waals surface area contributed by atoms with Gasteiger partial charge in [0, 0.05) is 13.0 Å². The molecule has 0 unspecified atom stereocenters. The van der Waals surface area contributed by atoms with Crippen molar-refractivity contribution in [1.82, 2.24) is 14.9 Å². The Morgan fingerprint density at radius 1 is 1.25 bits per heavy atom. The zero-order chi connectivity index (χ0) is 16.9. The molecule has 1 amide bonds. The number of carbonyl (C=O) groups excluding carboxylic acids is 2. The highest BCUT2D eigenvalue weighted by molar-refractivity contribution is 5.91. The summed E-state index contributed by atoms with van der Waals surface area (Å²) in [5, 5.41) is 2.77. The Hall–Kier alpha value is -3.09. The molecule has 7 heteroatoms. The number of para-hydroxylation sites is 2. The van der Waals surface area contributed by atoms with Crippen LogP contribution in [-0.2, 0) is 22.5 Å². The normalized spacial score (nSPS) is 10.7. The Morgan fingerprint density at radius 3 is 2.83 bits per heavy atom. The molecular weight excluding hydrogens is 310 g/mol. The molecule has 1 aromatic carbocycles. The summed E-state index contributed by atoms with van der Waals surface area (Å²) in [5.41, 5.74) is 1.66. The standard InChI is InChI=1S/C17H17N3O4/c1-23-16(21)11-20-13-6-3-2-5-12(13)19-15(20)8-9-18-17(22)14-7-4-10-24-14/h2-7,10H,8-9,11H2,1H3,(H,18,22). The number of benzene rings is 1. The van der Waals surface area contributed by atoms with Crippen LogP contribution in [0.2, 0.25) is 0 Å². The summed E-state index contributed by atoms with van der Waals surface area (Å²) in [6.45, 7) is 0.461. The number of carbonyl (C=O) groups is 2. The van der Waals surface area contributed by atoms with Crippen molar-refractivity contribution in [3.63, 3.8) is 0 Å². The van der Waals surface area contributed by atoms with Crippen LogP contribution in [-0.4, -0.2) is 35.1 Å². The molecule has 0 saturated heterocycles. The molecule has 2 heterocycles. The highest BCUT2D eigenvalue weighted by atomic mass is 16.5. The van der Waals surface area contributed by atoms with Crippen LogP contribution in [0.3, 0.4) is 0 Å². The molecule has 0 saturated carbocycles. The van der Waals surface area contributed by atoms with Crippen molar-refractivity contribution in [3.8, 4) is 0 Å². The third-order valence-electron chi connectivity index (χ3n) is 3.63. The van der Waals surface area contributed by atoms with Gasteiger partial charge in [0.1, 0.15) is 12.4 Å². The molecule has 2 aromatic heterocycles. The number of nitrogens with one attached hydrogen (secondary N) is 1. The average Bonchev–Trinajstić information content (AvgIpc) is 3.24. The lowest BCUT2D eigenvalue weighted by molar-refractivity contribution is -0.141. The zero-order valence-corrected chi connectivity index (χ0v) is 13.2. The predicted molar refractivity (Wildman–Crippen MR) is 86.5 cm³/mol. The van der Waals surface area contributed by atoms with Gasteiger partial charge in [-0.05, 0) is 24.3 Å². The van der Waals surface area contributed by atoms with E-state index in [4.69, 9.17) is 9.15 Å². The Bertz CT molecular complexity index is 852. The van der Waals surface area contributed by atoms with Gasteiger partial charge in [-0.25, -0.2) is 4.98 Å². The number of amides is 1. The molecule has 124 valence electrons. The number of ether oxygens (including phenoxy) is 1. The lowest BCUT2D eigenvalue weighted by Crippen LogP contribution is -2.26. The van der Waals surface area contributed by atoms with Gasteiger partial charge in [0.25, 0.3) is 5.91 Å².